The summed E-state index contributed by atoms with van der Waals surface area (Å²) in [6.07, 6.45) is 0. The van der Waals surface area contributed by atoms with E-state index in [9.17, 15) is 9.59 Å². The van der Waals surface area contributed by atoms with Crippen molar-refractivity contribution in [1.82, 2.24) is 10.3 Å². The Morgan fingerprint density at radius 2 is 2.29 bits per heavy atom. The highest BCUT2D eigenvalue weighted by Crippen LogP contribution is 2.08. The molecule has 1 heterocycles. The van der Waals surface area contributed by atoms with Gasteiger partial charge in [-0.25, -0.2) is 9.78 Å². The first kappa shape index (κ1) is 15.8. The van der Waals surface area contributed by atoms with E-state index in [1.807, 2.05) is 0 Å². The van der Waals surface area contributed by atoms with Crippen LogP contribution >= 0.6 is 23.7 Å². The summed E-state index contributed by atoms with van der Waals surface area (Å²) < 4.78 is 4.48. The third kappa shape index (κ3) is 4.29. The normalized spacial score (nSPS) is 11.2. The summed E-state index contributed by atoms with van der Waals surface area (Å²) in [5.74, 6) is -0.906. The number of ether oxygens (including phenoxy) is 1. The first-order valence-corrected chi connectivity index (χ1v) is 5.49. The molecule has 6 nitrogen and oxygen atoms in total. The van der Waals surface area contributed by atoms with Crippen LogP contribution in [0.1, 0.15) is 22.4 Å². The van der Waals surface area contributed by atoms with Crippen LogP contribution in [0.25, 0.3) is 0 Å². The maximum atomic E-state index is 11.6. The van der Waals surface area contributed by atoms with Crippen molar-refractivity contribution in [1.29, 1.82) is 0 Å². The predicted molar refractivity (Wildman–Crippen MR) is 66.2 cm³/mol. The van der Waals surface area contributed by atoms with Crippen molar-refractivity contribution < 1.29 is 14.3 Å². The van der Waals surface area contributed by atoms with E-state index < -0.39 is 17.9 Å². The SMILES string of the molecule is COC(=O)C(C)NC(=O)c1csc(CN)n1.Cl. The summed E-state index contributed by atoms with van der Waals surface area (Å²) in [4.78, 5) is 26.7. The molecule has 1 rings (SSSR count). The fraction of sp³-hybridized carbons (Fsp3) is 0.444. The Balaban J connectivity index is 0.00000256. The average Bonchev–Trinajstić information content (AvgIpc) is 2.76. The third-order valence-corrected chi connectivity index (χ3v) is 2.73. The number of esters is 1. The number of amides is 1. The lowest BCUT2D eigenvalue weighted by molar-refractivity contribution is -0.142. The smallest absolute Gasteiger partial charge is 0.328 e. The van der Waals surface area contributed by atoms with Crippen LogP contribution in [-0.2, 0) is 16.1 Å². The van der Waals surface area contributed by atoms with Crippen molar-refractivity contribution in [2.75, 3.05) is 7.11 Å². The second-order valence-corrected chi connectivity index (χ2v) is 3.99. The van der Waals surface area contributed by atoms with Gasteiger partial charge in [0.25, 0.3) is 5.91 Å². The molecule has 1 amide bonds. The fourth-order valence-electron chi connectivity index (χ4n) is 1.02. The van der Waals surface area contributed by atoms with Crippen LogP contribution in [0.2, 0.25) is 0 Å². The molecule has 1 aromatic heterocycles. The van der Waals surface area contributed by atoms with Gasteiger partial charge < -0.3 is 15.8 Å². The molecule has 0 aliphatic carbocycles. The zero-order chi connectivity index (χ0) is 12.1. The van der Waals surface area contributed by atoms with Crippen LogP contribution in [-0.4, -0.2) is 30.0 Å². The molecule has 0 bridgehead atoms. The molecule has 0 aromatic carbocycles. The number of nitrogens with one attached hydrogen (secondary N) is 1. The van der Waals surface area contributed by atoms with Gasteiger partial charge in [-0.3, -0.25) is 4.79 Å². The number of halogens is 1. The first-order valence-electron chi connectivity index (χ1n) is 4.61. The van der Waals surface area contributed by atoms with Gasteiger partial charge in [0, 0.05) is 11.9 Å². The van der Waals surface area contributed by atoms with Crippen LogP contribution in [0.3, 0.4) is 0 Å². The monoisotopic (exact) mass is 279 g/mol. The van der Waals surface area contributed by atoms with Gasteiger partial charge in [-0.2, -0.15) is 0 Å². The zero-order valence-electron chi connectivity index (χ0n) is 9.43. The molecule has 0 aliphatic heterocycles. The molecule has 0 aliphatic rings. The number of methoxy groups -OCH3 is 1. The lowest BCUT2D eigenvalue weighted by Gasteiger charge is -2.09. The Bertz CT molecular complexity index is 397. The van der Waals surface area contributed by atoms with Crippen LogP contribution in [0.4, 0.5) is 0 Å². The van der Waals surface area contributed by atoms with E-state index in [0.717, 1.165) is 0 Å². The summed E-state index contributed by atoms with van der Waals surface area (Å²) in [6.45, 7) is 1.84. The van der Waals surface area contributed by atoms with Crippen LogP contribution < -0.4 is 11.1 Å². The minimum absolute atomic E-state index is 0. The molecule has 8 heteroatoms. The van der Waals surface area contributed by atoms with Crippen molar-refractivity contribution in [2.45, 2.75) is 19.5 Å². The van der Waals surface area contributed by atoms with Gasteiger partial charge >= 0.3 is 5.97 Å². The Morgan fingerprint density at radius 1 is 1.65 bits per heavy atom. The number of thiazole rings is 1. The molecular formula is C9H14ClN3O3S. The van der Waals surface area contributed by atoms with Crippen molar-refractivity contribution in [3.63, 3.8) is 0 Å². The highest BCUT2D eigenvalue weighted by Gasteiger charge is 2.18. The summed E-state index contributed by atoms with van der Waals surface area (Å²) in [7, 11) is 1.26. The summed E-state index contributed by atoms with van der Waals surface area (Å²) in [6, 6.07) is -0.694. The Kier molecular flexibility index (Phi) is 6.71. The van der Waals surface area contributed by atoms with Gasteiger partial charge in [-0.15, -0.1) is 23.7 Å². The second-order valence-electron chi connectivity index (χ2n) is 3.05. The van der Waals surface area contributed by atoms with Crippen molar-refractivity contribution in [3.8, 4) is 0 Å². The van der Waals surface area contributed by atoms with E-state index in [2.05, 4.69) is 15.0 Å². The predicted octanol–water partition coefficient (Wildman–Crippen LogP) is 0.315. The fourth-order valence-corrected chi connectivity index (χ4v) is 1.67. The van der Waals surface area contributed by atoms with Crippen LogP contribution in [0.5, 0.6) is 0 Å². The summed E-state index contributed by atoms with van der Waals surface area (Å²) in [5, 5.41) is 4.75. The number of carbonyl (C=O) groups excluding carboxylic acids is 2. The minimum Gasteiger partial charge on any atom is -0.467 e. The Labute approximate surface area is 109 Å². The van der Waals surface area contributed by atoms with E-state index in [4.69, 9.17) is 5.73 Å². The van der Waals surface area contributed by atoms with E-state index in [1.54, 1.807) is 12.3 Å². The van der Waals surface area contributed by atoms with Crippen molar-refractivity contribution in [2.24, 2.45) is 5.73 Å². The number of carbonyl (C=O) groups is 2. The second kappa shape index (κ2) is 7.21. The average molecular weight is 280 g/mol. The van der Waals surface area contributed by atoms with Gasteiger partial charge in [-0.05, 0) is 6.92 Å². The lowest BCUT2D eigenvalue weighted by atomic mass is 10.3. The molecule has 1 aromatic rings. The molecule has 0 spiro atoms. The molecule has 1 atom stereocenters. The number of nitrogens with two attached hydrogens (primary N) is 1. The highest BCUT2D eigenvalue weighted by atomic mass is 35.5. The molecule has 3 N–H and O–H groups in total. The number of hydrogen-bond donors (Lipinski definition) is 2. The maximum absolute atomic E-state index is 11.6. The molecule has 0 saturated carbocycles. The standard InChI is InChI=1S/C9H13N3O3S.ClH/c1-5(9(14)15-2)11-8(13)6-4-16-7(3-10)12-6;/h4-5H,3,10H2,1-2H3,(H,11,13);1H. The maximum Gasteiger partial charge on any atom is 0.328 e. The van der Waals surface area contributed by atoms with E-state index in [-0.39, 0.29) is 18.1 Å². The molecule has 1 unspecified atom stereocenters. The van der Waals surface area contributed by atoms with Crippen LogP contribution in [0, 0.1) is 0 Å². The van der Waals surface area contributed by atoms with E-state index in [1.165, 1.54) is 18.4 Å². The third-order valence-electron chi connectivity index (χ3n) is 1.86. The molecule has 0 fully saturated rings. The Hall–Kier alpha value is -1.18. The summed E-state index contributed by atoms with van der Waals surface area (Å²) >= 11 is 1.31. The molecule has 96 valence electrons. The number of aromatic nitrogens is 1. The van der Waals surface area contributed by atoms with Gasteiger partial charge in [0.1, 0.15) is 16.7 Å². The van der Waals surface area contributed by atoms with Crippen LogP contribution in [0.15, 0.2) is 5.38 Å². The molecule has 17 heavy (non-hydrogen) atoms. The van der Waals surface area contributed by atoms with Gasteiger partial charge in [0.15, 0.2) is 0 Å². The largest absolute Gasteiger partial charge is 0.467 e. The first-order chi connectivity index (χ1) is 7.58. The topological polar surface area (TPSA) is 94.3 Å². The molecular weight excluding hydrogens is 266 g/mol. The molecule has 0 saturated heterocycles. The van der Waals surface area contributed by atoms with Crippen molar-refractivity contribution in [3.05, 3.63) is 16.1 Å². The number of rotatable bonds is 4. The Morgan fingerprint density at radius 3 is 2.76 bits per heavy atom. The molecule has 0 radical (unpaired) electrons. The minimum atomic E-state index is -0.694. The lowest BCUT2D eigenvalue weighted by Crippen LogP contribution is -2.39. The van der Waals surface area contributed by atoms with Gasteiger partial charge in [0.05, 0.1) is 7.11 Å². The quantitative estimate of drug-likeness (QED) is 0.774. The number of hydrogen-bond acceptors (Lipinski definition) is 6. The van der Waals surface area contributed by atoms with Gasteiger partial charge in [0.2, 0.25) is 0 Å². The van der Waals surface area contributed by atoms with E-state index >= 15 is 0 Å². The summed E-state index contributed by atoms with van der Waals surface area (Å²) in [5.41, 5.74) is 5.64. The zero-order valence-corrected chi connectivity index (χ0v) is 11.1. The number of nitrogens with zero attached hydrogens (tertiary/aromatic N) is 1. The van der Waals surface area contributed by atoms with Gasteiger partial charge in [-0.1, -0.05) is 0 Å². The van der Waals surface area contributed by atoms with E-state index in [0.29, 0.717) is 11.6 Å². The highest BCUT2D eigenvalue weighted by molar-refractivity contribution is 7.09. The van der Waals surface area contributed by atoms with Crippen molar-refractivity contribution >= 4 is 35.6 Å².